The van der Waals surface area contributed by atoms with Crippen LogP contribution in [0.1, 0.15) is 34.7 Å². The molecule has 5 heteroatoms. The van der Waals surface area contributed by atoms with E-state index >= 15 is 0 Å². The zero-order chi connectivity index (χ0) is 22.1. The van der Waals surface area contributed by atoms with E-state index in [0.29, 0.717) is 17.8 Å². The van der Waals surface area contributed by atoms with Crippen LogP contribution >= 0.6 is 0 Å². The zero-order valence-electron chi connectivity index (χ0n) is 18.9. The van der Waals surface area contributed by atoms with Crippen molar-refractivity contribution in [3.05, 3.63) is 76.0 Å². The summed E-state index contributed by atoms with van der Waals surface area (Å²) in [5, 5.41) is 0. The van der Waals surface area contributed by atoms with Gasteiger partial charge in [0.2, 0.25) is 0 Å². The number of amides is 2. The molecule has 0 spiro atoms. The lowest BCUT2D eigenvalue weighted by Crippen LogP contribution is -2.47. The second kappa shape index (κ2) is 8.67. The van der Waals surface area contributed by atoms with E-state index in [1.165, 1.54) is 4.90 Å². The number of likely N-dealkylation sites (N-methyl/N-ethyl adjacent to an activating group) is 1. The van der Waals surface area contributed by atoms with Gasteiger partial charge in [0.05, 0.1) is 12.1 Å². The van der Waals surface area contributed by atoms with Gasteiger partial charge in [0, 0.05) is 26.2 Å². The molecule has 5 nitrogen and oxygen atoms in total. The van der Waals surface area contributed by atoms with Crippen molar-refractivity contribution in [2.45, 2.75) is 34.2 Å². The van der Waals surface area contributed by atoms with Crippen LogP contribution in [0, 0.1) is 20.8 Å². The van der Waals surface area contributed by atoms with E-state index in [2.05, 4.69) is 22.8 Å². The molecule has 0 unspecified atom stereocenters. The number of aryl methyl sites for hydroxylation is 3. The molecule has 0 atom stereocenters. The first-order valence-corrected chi connectivity index (χ1v) is 11.1. The largest absolute Gasteiger partial charge is 0.364 e. The molecule has 0 aliphatic carbocycles. The number of rotatable bonds is 5. The fourth-order valence-electron chi connectivity index (χ4n) is 4.50. The maximum atomic E-state index is 13.6. The standard InChI is InChI=1S/C26H31N3O2/c1-5-27-12-14-28(15-13-27)24-23(22-11-8-19(3)16-20(22)4)25(30)29(26(24)31)17-21-9-6-18(2)7-10-21/h6-11,16H,5,12-15,17H2,1-4H3. The van der Waals surface area contributed by atoms with Gasteiger partial charge in [-0.3, -0.25) is 14.5 Å². The van der Waals surface area contributed by atoms with E-state index < -0.39 is 0 Å². The number of benzene rings is 2. The lowest BCUT2D eigenvalue weighted by Gasteiger charge is -2.36. The van der Waals surface area contributed by atoms with Crippen LogP contribution < -0.4 is 0 Å². The van der Waals surface area contributed by atoms with Crippen LogP contribution in [0.4, 0.5) is 0 Å². The number of piperazine rings is 1. The Morgan fingerprint density at radius 1 is 0.806 bits per heavy atom. The van der Waals surface area contributed by atoms with Gasteiger partial charge >= 0.3 is 0 Å². The molecule has 0 aromatic heterocycles. The topological polar surface area (TPSA) is 43.9 Å². The molecule has 2 aliphatic rings. The maximum absolute atomic E-state index is 13.6. The van der Waals surface area contributed by atoms with Crippen molar-refractivity contribution >= 4 is 17.4 Å². The molecule has 2 aromatic carbocycles. The number of hydrogen-bond acceptors (Lipinski definition) is 4. The van der Waals surface area contributed by atoms with Gasteiger partial charge in [-0.15, -0.1) is 0 Å². The van der Waals surface area contributed by atoms with Gasteiger partial charge in [-0.2, -0.15) is 0 Å². The monoisotopic (exact) mass is 417 g/mol. The van der Waals surface area contributed by atoms with Crippen molar-refractivity contribution in [2.24, 2.45) is 0 Å². The van der Waals surface area contributed by atoms with Crippen molar-refractivity contribution in [1.29, 1.82) is 0 Å². The fraction of sp³-hybridized carbons (Fsp3) is 0.385. The number of hydrogen-bond donors (Lipinski definition) is 0. The highest BCUT2D eigenvalue weighted by Gasteiger charge is 2.42. The van der Waals surface area contributed by atoms with Gasteiger partial charge in [-0.05, 0) is 44.0 Å². The van der Waals surface area contributed by atoms with Crippen molar-refractivity contribution in [2.75, 3.05) is 32.7 Å². The molecule has 2 amide bonds. The Hall–Kier alpha value is -2.92. The molecule has 2 heterocycles. The second-order valence-corrected chi connectivity index (χ2v) is 8.65. The summed E-state index contributed by atoms with van der Waals surface area (Å²) in [6.45, 7) is 12.9. The van der Waals surface area contributed by atoms with Crippen molar-refractivity contribution < 1.29 is 9.59 Å². The van der Waals surface area contributed by atoms with Crippen LogP contribution in [0.5, 0.6) is 0 Å². The predicted octanol–water partition coefficient (Wildman–Crippen LogP) is 3.53. The van der Waals surface area contributed by atoms with E-state index in [4.69, 9.17) is 0 Å². The molecular formula is C26H31N3O2. The highest BCUT2D eigenvalue weighted by molar-refractivity contribution is 6.35. The first-order valence-electron chi connectivity index (χ1n) is 11.1. The minimum atomic E-state index is -0.189. The second-order valence-electron chi connectivity index (χ2n) is 8.65. The number of imide groups is 1. The van der Waals surface area contributed by atoms with E-state index in [-0.39, 0.29) is 11.8 Å². The van der Waals surface area contributed by atoms with Crippen LogP contribution in [0.15, 0.2) is 48.2 Å². The quantitative estimate of drug-likeness (QED) is 0.698. The number of carbonyl (C=O) groups is 2. The summed E-state index contributed by atoms with van der Waals surface area (Å²) in [5.74, 6) is -0.365. The molecule has 0 saturated carbocycles. The summed E-state index contributed by atoms with van der Waals surface area (Å²) in [5.41, 5.74) is 6.28. The summed E-state index contributed by atoms with van der Waals surface area (Å²) in [4.78, 5) is 33.1. The third-order valence-corrected chi connectivity index (χ3v) is 6.39. The number of nitrogens with zero attached hydrogens (tertiary/aromatic N) is 3. The van der Waals surface area contributed by atoms with Crippen LogP contribution in [0.3, 0.4) is 0 Å². The van der Waals surface area contributed by atoms with Crippen LogP contribution in [0.25, 0.3) is 5.57 Å². The number of carbonyl (C=O) groups excluding carboxylic acids is 2. The van der Waals surface area contributed by atoms with Crippen molar-refractivity contribution in [1.82, 2.24) is 14.7 Å². The molecule has 2 aromatic rings. The average molecular weight is 418 g/mol. The van der Waals surface area contributed by atoms with Crippen LogP contribution in [-0.4, -0.2) is 59.2 Å². The van der Waals surface area contributed by atoms with Gasteiger partial charge < -0.3 is 9.80 Å². The first-order chi connectivity index (χ1) is 14.9. The predicted molar refractivity (Wildman–Crippen MR) is 123 cm³/mol. The van der Waals surface area contributed by atoms with Gasteiger partial charge in [-0.1, -0.05) is 60.5 Å². The lowest BCUT2D eigenvalue weighted by atomic mass is 9.97. The molecule has 0 radical (unpaired) electrons. The Morgan fingerprint density at radius 2 is 1.45 bits per heavy atom. The summed E-state index contributed by atoms with van der Waals surface area (Å²) < 4.78 is 0. The third kappa shape index (κ3) is 4.15. The average Bonchev–Trinajstić information content (AvgIpc) is 3.00. The Morgan fingerprint density at radius 3 is 2.06 bits per heavy atom. The van der Waals surface area contributed by atoms with E-state index in [9.17, 15) is 9.59 Å². The van der Waals surface area contributed by atoms with Crippen LogP contribution in [-0.2, 0) is 16.1 Å². The Labute approximate surface area is 184 Å². The first kappa shape index (κ1) is 21.3. The van der Waals surface area contributed by atoms with Gasteiger partial charge in [0.15, 0.2) is 0 Å². The smallest absolute Gasteiger partial charge is 0.278 e. The minimum Gasteiger partial charge on any atom is -0.364 e. The Kier molecular flexibility index (Phi) is 5.96. The maximum Gasteiger partial charge on any atom is 0.278 e. The van der Waals surface area contributed by atoms with Crippen molar-refractivity contribution in [3.63, 3.8) is 0 Å². The minimum absolute atomic E-state index is 0.175. The normalized spacial score (nSPS) is 17.8. The highest BCUT2D eigenvalue weighted by Crippen LogP contribution is 2.34. The van der Waals surface area contributed by atoms with E-state index in [1.807, 2.05) is 57.2 Å². The summed E-state index contributed by atoms with van der Waals surface area (Å²) in [6.07, 6.45) is 0. The van der Waals surface area contributed by atoms with Gasteiger partial charge in [0.25, 0.3) is 11.8 Å². The fourth-order valence-corrected chi connectivity index (χ4v) is 4.50. The van der Waals surface area contributed by atoms with Crippen LogP contribution in [0.2, 0.25) is 0 Å². The molecule has 162 valence electrons. The highest BCUT2D eigenvalue weighted by atomic mass is 16.2. The molecule has 31 heavy (non-hydrogen) atoms. The van der Waals surface area contributed by atoms with E-state index in [1.54, 1.807) is 0 Å². The van der Waals surface area contributed by atoms with Crippen molar-refractivity contribution in [3.8, 4) is 0 Å². The molecule has 0 bridgehead atoms. The Bertz CT molecular complexity index is 1030. The molecule has 1 saturated heterocycles. The SMILES string of the molecule is CCN1CCN(C2=C(c3ccc(C)cc3C)C(=O)N(Cc3ccc(C)cc3)C2=O)CC1. The lowest BCUT2D eigenvalue weighted by molar-refractivity contribution is -0.138. The summed E-state index contributed by atoms with van der Waals surface area (Å²) in [7, 11) is 0. The molecule has 2 aliphatic heterocycles. The summed E-state index contributed by atoms with van der Waals surface area (Å²) in [6, 6.07) is 14.1. The third-order valence-electron chi connectivity index (χ3n) is 6.39. The molecule has 1 fully saturated rings. The van der Waals surface area contributed by atoms with Gasteiger partial charge in [-0.25, -0.2) is 0 Å². The summed E-state index contributed by atoms with van der Waals surface area (Å²) >= 11 is 0. The van der Waals surface area contributed by atoms with Gasteiger partial charge in [0.1, 0.15) is 5.70 Å². The zero-order valence-corrected chi connectivity index (χ0v) is 18.9. The Balaban J connectivity index is 1.73. The molecule has 0 N–H and O–H groups in total. The molecular weight excluding hydrogens is 386 g/mol. The molecule has 4 rings (SSSR count). The van der Waals surface area contributed by atoms with E-state index in [0.717, 1.165) is 60.5 Å².